The van der Waals surface area contributed by atoms with Crippen molar-refractivity contribution in [2.45, 2.75) is 57.6 Å². The first-order valence-electron chi connectivity index (χ1n) is 10.8. The number of aryl methyl sites for hydroxylation is 1. The zero-order valence-corrected chi connectivity index (χ0v) is 17.4. The van der Waals surface area contributed by atoms with Gasteiger partial charge in [0.2, 0.25) is 0 Å². The fraction of sp³-hybridized carbons (Fsp3) is 0.360. The normalized spacial score (nSPS) is 17.4. The van der Waals surface area contributed by atoms with Crippen LogP contribution >= 0.6 is 0 Å². The Morgan fingerprint density at radius 1 is 1.10 bits per heavy atom. The number of nitrogens with one attached hydrogen (secondary N) is 1. The fourth-order valence-corrected chi connectivity index (χ4v) is 4.89. The number of hydrogen-bond donors (Lipinski definition) is 1. The van der Waals surface area contributed by atoms with Crippen LogP contribution in [0.15, 0.2) is 40.8 Å². The molecule has 2 aromatic carbocycles. The smallest absolute Gasteiger partial charge is 0.287 e. The first-order valence-corrected chi connectivity index (χ1v) is 10.8. The van der Waals surface area contributed by atoms with E-state index in [0.29, 0.717) is 34.3 Å². The van der Waals surface area contributed by atoms with Crippen LogP contribution < -0.4 is 10.1 Å². The molecule has 1 aromatic heterocycles. The van der Waals surface area contributed by atoms with Crippen molar-refractivity contribution < 1.29 is 23.1 Å². The van der Waals surface area contributed by atoms with Gasteiger partial charge in [0, 0.05) is 17.5 Å². The molecule has 5 nitrogen and oxygen atoms in total. The Labute approximate surface area is 179 Å². The summed E-state index contributed by atoms with van der Waals surface area (Å²) >= 11 is 0. The molecule has 2 aliphatic rings. The number of ether oxygens (including phenoxy) is 1. The van der Waals surface area contributed by atoms with Crippen molar-refractivity contribution in [2.24, 2.45) is 0 Å². The number of benzene rings is 2. The van der Waals surface area contributed by atoms with Gasteiger partial charge in [0.1, 0.15) is 22.8 Å². The van der Waals surface area contributed by atoms with Gasteiger partial charge in [0.15, 0.2) is 11.5 Å². The van der Waals surface area contributed by atoms with Crippen LogP contribution in [-0.4, -0.2) is 17.3 Å². The number of ketones is 1. The van der Waals surface area contributed by atoms with Crippen LogP contribution in [0, 0.1) is 12.7 Å². The Balaban J connectivity index is 1.45. The predicted octanol–water partition coefficient (Wildman–Crippen LogP) is 5.48. The van der Waals surface area contributed by atoms with Crippen LogP contribution in [-0.2, 0) is 6.54 Å². The number of amides is 1. The van der Waals surface area contributed by atoms with E-state index >= 15 is 0 Å². The Morgan fingerprint density at radius 3 is 2.58 bits per heavy atom. The summed E-state index contributed by atoms with van der Waals surface area (Å²) in [5.41, 5.74) is 2.04. The second kappa shape index (κ2) is 7.52. The van der Waals surface area contributed by atoms with Gasteiger partial charge in [-0.1, -0.05) is 18.6 Å². The summed E-state index contributed by atoms with van der Waals surface area (Å²) in [5, 5.41) is 3.46. The third-order valence-corrected chi connectivity index (χ3v) is 6.48. The van der Waals surface area contributed by atoms with E-state index < -0.39 is 0 Å². The minimum atomic E-state index is -0.386. The number of rotatable bonds is 3. The molecular weight excluding hydrogens is 397 g/mol. The molecule has 1 aliphatic carbocycles. The molecule has 31 heavy (non-hydrogen) atoms. The summed E-state index contributed by atoms with van der Waals surface area (Å²) in [5.74, 6) is 0.120. The number of carbonyl (C=O) groups is 2. The zero-order valence-electron chi connectivity index (χ0n) is 17.4. The largest absolute Gasteiger partial charge is 0.486 e. The van der Waals surface area contributed by atoms with Crippen molar-refractivity contribution in [3.05, 3.63) is 64.7 Å². The Kier molecular flexibility index (Phi) is 4.80. The lowest BCUT2D eigenvalue weighted by atomic mass is 9.78. The average Bonchev–Trinajstić information content (AvgIpc) is 3.10. The quantitative estimate of drug-likeness (QED) is 0.608. The van der Waals surface area contributed by atoms with E-state index in [0.717, 1.165) is 31.2 Å². The van der Waals surface area contributed by atoms with E-state index in [9.17, 15) is 14.0 Å². The maximum absolute atomic E-state index is 13.2. The highest BCUT2D eigenvalue weighted by Crippen LogP contribution is 2.45. The highest BCUT2D eigenvalue weighted by atomic mass is 19.1. The molecule has 0 atom stereocenters. The van der Waals surface area contributed by atoms with Crippen LogP contribution in [0.4, 0.5) is 4.39 Å². The topological polar surface area (TPSA) is 68.5 Å². The number of fused-ring (bicyclic) bond motifs is 3. The predicted molar refractivity (Wildman–Crippen MR) is 114 cm³/mol. The van der Waals surface area contributed by atoms with Gasteiger partial charge in [-0.15, -0.1) is 0 Å². The molecule has 6 heteroatoms. The van der Waals surface area contributed by atoms with Crippen molar-refractivity contribution in [1.29, 1.82) is 0 Å². The summed E-state index contributed by atoms with van der Waals surface area (Å²) in [4.78, 5) is 26.0. The number of carbonyl (C=O) groups excluding carboxylic acids is 2. The van der Waals surface area contributed by atoms with Crippen molar-refractivity contribution in [1.82, 2.24) is 5.32 Å². The van der Waals surface area contributed by atoms with E-state index in [1.807, 2.05) is 0 Å². The highest BCUT2D eigenvalue weighted by molar-refractivity contribution is 6.13. The van der Waals surface area contributed by atoms with Gasteiger partial charge in [-0.2, -0.15) is 0 Å². The highest BCUT2D eigenvalue weighted by Gasteiger charge is 2.42. The van der Waals surface area contributed by atoms with Gasteiger partial charge >= 0.3 is 0 Å². The molecule has 0 saturated heterocycles. The van der Waals surface area contributed by atoms with Crippen molar-refractivity contribution >= 4 is 22.7 Å². The summed E-state index contributed by atoms with van der Waals surface area (Å²) in [6.45, 7) is 2.04. The lowest BCUT2D eigenvalue weighted by Gasteiger charge is -2.40. The van der Waals surface area contributed by atoms with Gasteiger partial charge in [0.25, 0.3) is 5.91 Å². The molecule has 2 heterocycles. The third kappa shape index (κ3) is 3.50. The lowest BCUT2D eigenvalue weighted by molar-refractivity contribution is 0.0139. The summed E-state index contributed by atoms with van der Waals surface area (Å²) in [7, 11) is 0. The first-order chi connectivity index (χ1) is 15.0. The number of halogens is 1. The van der Waals surface area contributed by atoms with E-state index in [1.165, 1.54) is 18.6 Å². The molecule has 160 valence electrons. The molecule has 3 aromatic rings. The summed E-state index contributed by atoms with van der Waals surface area (Å²) < 4.78 is 25.3. The molecule has 0 radical (unpaired) electrons. The molecule has 0 unspecified atom stereocenters. The lowest BCUT2D eigenvalue weighted by Crippen LogP contribution is -2.43. The minimum absolute atomic E-state index is 0.0518. The van der Waals surface area contributed by atoms with Gasteiger partial charge in [-0.25, -0.2) is 4.39 Å². The maximum atomic E-state index is 13.2. The molecular formula is C25H24FNO4. The monoisotopic (exact) mass is 421 g/mol. The molecule has 1 saturated carbocycles. The molecule has 1 spiro atoms. The van der Waals surface area contributed by atoms with Crippen LogP contribution in [0.25, 0.3) is 11.0 Å². The maximum Gasteiger partial charge on any atom is 0.287 e. The van der Waals surface area contributed by atoms with Gasteiger partial charge in [-0.3, -0.25) is 9.59 Å². The SMILES string of the molecule is Cc1c(C(=O)NCc2ccc(F)cc2)oc2ccc3c(c12)C(=O)CC1(CCCCC1)O3. The molecule has 1 N–H and O–H groups in total. The standard InChI is InChI=1S/C25H24FNO4/c1-15-21-19(30-23(15)24(29)27-14-16-5-7-17(26)8-6-16)9-10-20-22(21)18(28)13-25(31-20)11-3-2-4-12-25/h5-10H,2-4,11-14H2,1H3,(H,27,29). The Bertz CT molecular complexity index is 1170. The number of Topliss-reactive ketones (excluding diaryl/α,β-unsaturated/α-hetero) is 1. The first kappa shape index (κ1) is 19.8. The molecule has 1 aliphatic heterocycles. The zero-order chi connectivity index (χ0) is 21.6. The minimum Gasteiger partial charge on any atom is -0.486 e. The number of furan rings is 1. The van der Waals surface area contributed by atoms with Gasteiger partial charge < -0.3 is 14.5 Å². The molecule has 0 bridgehead atoms. The Hall–Kier alpha value is -3.15. The molecule has 1 amide bonds. The van der Waals surface area contributed by atoms with Crippen molar-refractivity contribution in [3.8, 4) is 5.75 Å². The van der Waals surface area contributed by atoms with E-state index in [4.69, 9.17) is 9.15 Å². The van der Waals surface area contributed by atoms with Gasteiger partial charge in [0.05, 0.1) is 12.0 Å². The van der Waals surface area contributed by atoms with Crippen LogP contribution in [0.1, 0.15) is 70.6 Å². The van der Waals surface area contributed by atoms with Gasteiger partial charge in [-0.05, 0) is 62.4 Å². The van der Waals surface area contributed by atoms with Crippen LogP contribution in [0.2, 0.25) is 0 Å². The molecule has 1 fully saturated rings. The van der Waals surface area contributed by atoms with E-state index in [2.05, 4.69) is 5.32 Å². The Morgan fingerprint density at radius 2 is 1.84 bits per heavy atom. The second-order valence-corrected chi connectivity index (χ2v) is 8.62. The second-order valence-electron chi connectivity index (χ2n) is 8.62. The fourth-order valence-electron chi connectivity index (χ4n) is 4.89. The number of hydrogen-bond acceptors (Lipinski definition) is 4. The van der Waals surface area contributed by atoms with Crippen LogP contribution in [0.5, 0.6) is 5.75 Å². The van der Waals surface area contributed by atoms with E-state index in [1.54, 1.807) is 31.2 Å². The van der Waals surface area contributed by atoms with Crippen molar-refractivity contribution in [3.63, 3.8) is 0 Å². The average molecular weight is 421 g/mol. The summed E-state index contributed by atoms with van der Waals surface area (Å²) in [6, 6.07) is 9.50. The summed E-state index contributed by atoms with van der Waals surface area (Å²) in [6.07, 6.45) is 5.51. The van der Waals surface area contributed by atoms with Crippen molar-refractivity contribution in [2.75, 3.05) is 0 Å². The van der Waals surface area contributed by atoms with Crippen LogP contribution in [0.3, 0.4) is 0 Å². The van der Waals surface area contributed by atoms with E-state index in [-0.39, 0.29) is 35.4 Å². The molecule has 5 rings (SSSR count). The third-order valence-electron chi connectivity index (χ3n) is 6.48.